The lowest BCUT2D eigenvalue weighted by atomic mass is 9.84. The minimum atomic E-state index is -1.04. The first-order chi connectivity index (χ1) is 18.3. The number of rotatable bonds is 5. The van der Waals surface area contributed by atoms with E-state index in [0.717, 1.165) is 0 Å². The lowest BCUT2D eigenvalue weighted by Crippen LogP contribution is -2.44. The molecule has 0 amide bonds. The molecule has 189 valence electrons. The van der Waals surface area contributed by atoms with Gasteiger partial charge < -0.3 is 0 Å². The van der Waals surface area contributed by atoms with Crippen LogP contribution in [-0.2, 0) is 0 Å². The molecule has 2 heterocycles. The Labute approximate surface area is 230 Å². The summed E-state index contributed by atoms with van der Waals surface area (Å²) in [6.07, 6.45) is 3.75. The molecule has 4 aromatic carbocycles. The van der Waals surface area contributed by atoms with Gasteiger partial charge in [0.1, 0.15) is 8.80 Å². The number of allylic oxidation sites excluding steroid dienone is 1. The van der Waals surface area contributed by atoms with E-state index >= 15 is 0 Å². The maximum atomic E-state index is 2.58. The van der Waals surface area contributed by atoms with Crippen LogP contribution in [-0.4, -0.2) is 8.80 Å². The topological polar surface area (TPSA) is 0 Å². The molecule has 38 heavy (non-hydrogen) atoms. The van der Waals surface area contributed by atoms with Crippen molar-refractivity contribution >= 4 is 25.2 Å². The second-order valence-electron chi connectivity index (χ2n) is 12.6. The molecule has 0 saturated heterocycles. The lowest BCUT2D eigenvalue weighted by Gasteiger charge is -2.26. The van der Waals surface area contributed by atoms with Gasteiger partial charge in [0.05, 0.1) is 0 Å². The highest BCUT2D eigenvalue weighted by atomic mass is 28.3. The fourth-order valence-corrected chi connectivity index (χ4v) is 11.1. The van der Waals surface area contributed by atoms with Gasteiger partial charge in [0.15, 0.2) is 0 Å². The summed E-state index contributed by atoms with van der Waals surface area (Å²) in [6, 6.07) is 28.8. The predicted octanol–water partition coefficient (Wildman–Crippen LogP) is 8.94. The van der Waals surface area contributed by atoms with Crippen LogP contribution >= 0.6 is 0 Å². The first-order valence-corrected chi connectivity index (χ1v) is 16.0. The van der Waals surface area contributed by atoms with Gasteiger partial charge in [-0.25, -0.2) is 0 Å². The smallest absolute Gasteiger partial charge is 0.0640 e. The van der Waals surface area contributed by atoms with Crippen molar-refractivity contribution in [2.24, 2.45) is 5.92 Å². The predicted molar refractivity (Wildman–Crippen MR) is 166 cm³/mol. The van der Waals surface area contributed by atoms with Gasteiger partial charge in [0.25, 0.3) is 0 Å². The molecular formula is C37H37Si. The molecular weight excluding hydrogens is 472 g/mol. The molecule has 1 atom stereocenters. The zero-order valence-corrected chi connectivity index (χ0v) is 24.5. The minimum Gasteiger partial charge on any atom is -0.0640 e. The van der Waals surface area contributed by atoms with Crippen molar-refractivity contribution in [3.05, 3.63) is 101 Å². The van der Waals surface area contributed by atoms with Gasteiger partial charge in [-0.1, -0.05) is 126 Å². The molecule has 1 heteroatoms. The van der Waals surface area contributed by atoms with E-state index in [2.05, 4.69) is 120 Å². The molecule has 2 bridgehead atoms. The summed E-state index contributed by atoms with van der Waals surface area (Å²) in [6.45, 7) is 14.1. The van der Waals surface area contributed by atoms with Crippen molar-refractivity contribution in [3.8, 4) is 33.4 Å². The van der Waals surface area contributed by atoms with E-state index in [0.29, 0.717) is 23.3 Å². The van der Waals surface area contributed by atoms with Crippen LogP contribution in [0.5, 0.6) is 0 Å². The van der Waals surface area contributed by atoms with E-state index in [1.165, 1.54) is 56.5 Å². The van der Waals surface area contributed by atoms with Gasteiger partial charge in [-0.15, -0.1) is 0 Å². The van der Waals surface area contributed by atoms with Crippen LogP contribution in [0.1, 0.15) is 87.6 Å². The molecule has 0 nitrogen and oxygen atoms in total. The SMILES string of the molecule is CC(C)CC1=Cc2ccc3c(-c4cc(C(C)C)cc(C(C)C)c4)c2C1[Si]1c2ccccc2-c2cccc-3c21. The highest BCUT2D eigenvalue weighted by Gasteiger charge is 2.46. The summed E-state index contributed by atoms with van der Waals surface area (Å²) < 4.78 is 0. The van der Waals surface area contributed by atoms with Crippen molar-refractivity contribution in [3.63, 3.8) is 0 Å². The average molecular weight is 510 g/mol. The number of fused-ring (bicyclic) bond motifs is 6. The molecule has 0 spiro atoms. The summed E-state index contributed by atoms with van der Waals surface area (Å²) in [5.41, 5.74) is 16.9. The quantitative estimate of drug-likeness (QED) is 0.236. The third-order valence-electron chi connectivity index (χ3n) is 8.94. The van der Waals surface area contributed by atoms with Crippen LogP contribution in [0.4, 0.5) is 0 Å². The largest absolute Gasteiger partial charge is 0.135 e. The lowest BCUT2D eigenvalue weighted by molar-refractivity contribution is 0.634. The van der Waals surface area contributed by atoms with Gasteiger partial charge in [-0.2, -0.15) is 0 Å². The highest BCUT2D eigenvalue weighted by Crippen LogP contribution is 2.53. The van der Waals surface area contributed by atoms with Crippen molar-refractivity contribution in [2.45, 2.75) is 65.3 Å². The molecule has 0 saturated carbocycles. The van der Waals surface area contributed by atoms with Crippen LogP contribution in [0.15, 0.2) is 78.4 Å². The molecule has 7 rings (SSSR count). The number of benzene rings is 4. The Kier molecular flexibility index (Phi) is 5.46. The van der Waals surface area contributed by atoms with E-state index in [1.54, 1.807) is 21.5 Å². The first-order valence-electron chi connectivity index (χ1n) is 14.5. The third kappa shape index (κ3) is 3.41. The normalized spacial score (nSPS) is 16.8. The Morgan fingerprint density at radius 1 is 0.684 bits per heavy atom. The fourth-order valence-electron chi connectivity index (χ4n) is 7.22. The van der Waals surface area contributed by atoms with Crippen LogP contribution in [0.2, 0.25) is 0 Å². The molecule has 0 N–H and O–H groups in total. The van der Waals surface area contributed by atoms with E-state index < -0.39 is 8.80 Å². The van der Waals surface area contributed by atoms with E-state index in [1.807, 2.05) is 0 Å². The molecule has 0 fully saturated rings. The number of hydrogen-bond donors (Lipinski definition) is 0. The molecule has 1 aliphatic carbocycles. The summed E-state index contributed by atoms with van der Waals surface area (Å²) >= 11 is 0. The zero-order valence-electron chi connectivity index (χ0n) is 23.5. The summed E-state index contributed by atoms with van der Waals surface area (Å²) in [7, 11) is -1.04. The van der Waals surface area contributed by atoms with Crippen LogP contribution in [0.3, 0.4) is 0 Å². The van der Waals surface area contributed by atoms with Gasteiger partial charge in [-0.3, -0.25) is 0 Å². The Morgan fingerprint density at radius 2 is 1.34 bits per heavy atom. The average Bonchev–Trinajstić information content (AvgIpc) is 3.39. The monoisotopic (exact) mass is 509 g/mol. The van der Waals surface area contributed by atoms with E-state index in [4.69, 9.17) is 0 Å². The molecule has 4 aromatic rings. The van der Waals surface area contributed by atoms with E-state index in [9.17, 15) is 0 Å². The number of hydrogen-bond acceptors (Lipinski definition) is 0. The maximum Gasteiger partial charge on any atom is 0.135 e. The molecule has 1 radical (unpaired) electrons. The van der Waals surface area contributed by atoms with Crippen LogP contribution in [0.25, 0.3) is 39.5 Å². The van der Waals surface area contributed by atoms with Gasteiger partial charge in [0.2, 0.25) is 0 Å². The standard InChI is InChI=1S/C37H37Si/c1-21(2)16-28-17-24-14-15-30-32-12-9-11-31-29-10-7-8-13-33(29)38(37(31)32)36(28)35(24)34(30)27-19-25(22(3)4)18-26(20-27)23(5)6/h7-15,17-23,36H,16H2,1-6H3. The Morgan fingerprint density at radius 3 is 2.03 bits per heavy atom. The van der Waals surface area contributed by atoms with Crippen LogP contribution < -0.4 is 10.4 Å². The summed E-state index contributed by atoms with van der Waals surface area (Å²) in [4.78, 5) is 0. The Hall–Kier alpha value is -3.16. The van der Waals surface area contributed by atoms with E-state index in [-0.39, 0.29) is 0 Å². The van der Waals surface area contributed by atoms with Crippen molar-refractivity contribution in [1.82, 2.24) is 0 Å². The Balaban J connectivity index is 1.59. The molecule has 0 aromatic heterocycles. The molecule has 1 unspecified atom stereocenters. The van der Waals surface area contributed by atoms with Gasteiger partial charge in [-0.05, 0) is 90.2 Å². The fraction of sp³-hybridized carbons (Fsp3) is 0.297. The van der Waals surface area contributed by atoms with Crippen LogP contribution in [0, 0.1) is 5.92 Å². The van der Waals surface area contributed by atoms with Gasteiger partial charge >= 0.3 is 0 Å². The Bertz CT molecular complexity index is 1600. The second-order valence-corrected chi connectivity index (χ2v) is 15.1. The highest BCUT2D eigenvalue weighted by molar-refractivity contribution is 6.92. The van der Waals surface area contributed by atoms with Crippen molar-refractivity contribution in [1.29, 1.82) is 0 Å². The second kappa shape index (κ2) is 8.68. The van der Waals surface area contributed by atoms with Gasteiger partial charge in [0, 0.05) is 5.54 Å². The molecule has 2 aliphatic heterocycles. The summed E-state index contributed by atoms with van der Waals surface area (Å²) in [5, 5.41) is 3.26. The molecule has 3 aliphatic rings. The zero-order chi connectivity index (χ0) is 26.3. The first kappa shape index (κ1) is 23.9. The van der Waals surface area contributed by atoms with Crippen molar-refractivity contribution in [2.75, 3.05) is 0 Å². The minimum absolute atomic E-state index is 0.489. The third-order valence-corrected chi connectivity index (χ3v) is 12.3. The summed E-state index contributed by atoms with van der Waals surface area (Å²) in [5.74, 6) is 1.66. The van der Waals surface area contributed by atoms with Crippen molar-refractivity contribution < 1.29 is 0 Å². The maximum absolute atomic E-state index is 2.58.